The fourth-order valence-corrected chi connectivity index (χ4v) is 4.11. The Bertz CT molecular complexity index is 749. The number of hydrogen-bond donors (Lipinski definition) is 1. The van der Waals surface area contributed by atoms with Crippen molar-refractivity contribution in [1.82, 2.24) is 15.3 Å². The van der Waals surface area contributed by atoms with Crippen LogP contribution in [0.15, 0.2) is 36.7 Å². The van der Waals surface area contributed by atoms with Gasteiger partial charge in [-0.05, 0) is 40.6 Å². The van der Waals surface area contributed by atoms with Gasteiger partial charge < -0.3 is 15.1 Å². The number of anilines is 2. The maximum absolute atomic E-state index is 12.8. The number of amides is 1. The van der Waals surface area contributed by atoms with Crippen molar-refractivity contribution >= 4 is 40.0 Å². The van der Waals surface area contributed by atoms with Crippen LogP contribution in [0.4, 0.5) is 11.5 Å². The first-order chi connectivity index (χ1) is 12.6. The highest BCUT2D eigenvalue weighted by molar-refractivity contribution is 14.1. The molecular formula is C19H24IN5O. The van der Waals surface area contributed by atoms with Crippen molar-refractivity contribution in [2.75, 3.05) is 43.0 Å². The molecule has 1 N–H and O–H groups in total. The van der Waals surface area contributed by atoms with Crippen molar-refractivity contribution < 1.29 is 4.79 Å². The lowest BCUT2D eigenvalue weighted by molar-refractivity contribution is -0.118. The van der Waals surface area contributed by atoms with Gasteiger partial charge in [-0.2, -0.15) is 0 Å². The Morgan fingerprint density at radius 3 is 2.65 bits per heavy atom. The highest BCUT2D eigenvalue weighted by Gasteiger charge is 2.25. The highest BCUT2D eigenvalue weighted by Crippen LogP contribution is 2.32. The van der Waals surface area contributed by atoms with Gasteiger partial charge >= 0.3 is 0 Å². The van der Waals surface area contributed by atoms with Crippen LogP contribution in [0.25, 0.3) is 0 Å². The summed E-state index contributed by atoms with van der Waals surface area (Å²) in [6.07, 6.45) is 2.04. The molecule has 1 aromatic heterocycles. The largest absolute Gasteiger partial charge is 0.354 e. The van der Waals surface area contributed by atoms with E-state index in [-0.39, 0.29) is 11.8 Å². The lowest BCUT2D eigenvalue weighted by atomic mass is 9.98. The van der Waals surface area contributed by atoms with Crippen molar-refractivity contribution in [3.8, 4) is 0 Å². The Kier molecular flexibility index (Phi) is 6.42. The van der Waals surface area contributed by atoms with E-state index in [0.29, 0.717) is 6.42 Å². The minimum absolute atomic E-state index is 0.0478. The second-order valence-electron chi connectivity index (χ2n) is 6.53. The number of carbonyl (C=O) groups excluding carboxylic acids is 1. The first kappa shape index (κ1) is 19.0. The van der Waals surface area contributed by atoms with Gasteiger partial charge in [0.25, 0.3) is 0 Å². The summed E-state index contributed by atoms with van der Waals surface area (Å²) < 4.78 is 0.925. The van der Waals surface area contributed by atoms with E-state index in [2.05, 4.69) is 49.7 Å². The van der Waals surface area contributed by atoms with Gasteiger partial charge in [0.15, 0.2) is 0 Å². The van der Waals surface area contributed by atoms with Gasteiger partial charge in [0.2, 0.25) is 5.91 Å². The number of piperazine rings is 1. The SMILES string of the molecule is CC(CC(=O)N(C)c1ccccc1)c1c(I)ncnc1N1CCNCC1. The summed E-state index contributed by atoms with van der Waals surface area (Å²) in [7, 11) is 1.83. The van der Waals surface area contributed by atoms with E-state index >= 15 is 0 Å². The van der Waals surface area contributed by atoms with Crippen LogP contribution in [0, 0.1) is 3.70 Å². The van der Waals surface area contributed by atoms with E-state index in [0.717, 1.165) is 46.9 Å². The average molecular weight is 465 g/mol. The zero-order chi connectivity index (χ0) is 18.5. The Hall–Kier alpha value is -1.74. The molecule has 0 radical (unpaired) electrons. The third kappa shape index (κ3) is 4.32. The first-order valence-corrected chi connectivity index (χ1v) is 9.93. The molecule has 1 saturated heterocycles. The lowest BCUT2D eigenvalue weighted by Crippen LogP contribution is -2.44. The van der Waals surface area contributed by atoms with E-state index in [1.807, 2.05) is 37.4 Å². The lowest BCUT2D eigenvalue weighted by Gasteiger charge is -2.31. The summed E-state index contributed by atoms with van der Waals surface area (Å²) >= 11 is 2.25. The van der Waals surface area contributed by atoms with Gasteiger partial charge in [-0.15, -0.1) is 0 Å². The van der Waals surface area contributed by atoms with Crippen LogP contribution < -0.4 is 15.1 Å². The van der Waals surface area contributed by atoms with Gasteiger partial charge in [0.05, 0.1) is 0 Å². The van der Waals surface area contributed by atoms with Crippen molar-refractivity contribution in [1.29, 1.82) is 0 Å². The van der Waals surface area contributed by atoms with Crippen LogP contribution >= 0.6 is 22.6 Å². The summed E-state index contributed by atoms with van der Waals surface area (Å²) in [4.78, 5) is 25.7. The molecule has 7 heteroatoms. The second kappa shape index (κ2) is 8.77. The highest BCUT2D eigenvalue weighted by atomic mass is 127. The number of nitrogens with one attached hydrogen (secondary N) is 1. The summed E-state index contributed by atoms with van der Waals surface area (Å²) in [5.41, 5.74) is 1.98. The summed E-state index contributed by atoms with van der Waals surface area (Å²) in [5, 5.41) is 3.37. The molecule has 6 nitrogen and oxygen atoms in total. The normalized spacial score (nSPS) is 15.6. The fourth-order valence-electron chi connectivity index (χ4n) is 3.21. The minimum Gasteiger partial charge on any atom is -0.354 e. The molecule has 0 saturated carbocycles. The van der Waals surface area contributed by atoms with Crippen LogP contribution in [0.1, 0.15) is 24.8 Å². The predicted octanol–water partition coefficient (Wildman–Crippen LogP) is 2.65. The van der Waals surface area contributed by atoms with E-state index in [4.69, 9.17) is 0 Å². The molecule has 138 valence electrons. The number of para-hydroxylation sites is 1. The van der Waals surface area contributed by atoms with Gasteiger partial charge in [-0.1, -0.05) is 25.1 Å². The minimum atomic E-state index is 0.0478. The van der Waals surface area contributed by atoms with Crippen LogP contribution in [0.5, 0.6) is 0 Å². The molecule has 1 unspecified atom stereocenters. The van der Waals surface area contributed by atoms with Crippen molar-refractivity contribution in [2.24, 2.45) is 0 Å². The summed E-state index contributed by atoms with van der Waals surface area (Å²) in [6, 6.07) is 9.74. The molecule has 1 fully saturated rings. The molecule has 0 aliphatic carbocycles. The number of nitrogens with zero attached hydrogens (tertiary/aromatic N) is 4. The molecule has 0 spiro atoms. The third-order valence-electron chi connectivity index (χ3n) is 4.72. The summed E-state index contributed by atoms with van der Waals surface area (Å²) in [5.74, 6) is 1.11. The van der Waals surface area contributed by atoms with Crippen molar-refractivity contribution in [2.45, 2.75) is 19.3 Å². The van der Waals surface area contributed by atoms with Crippen LogP contribution in [-0.4, -0.2) is 49.1 Å². The Morgan fingerprint density at radius 2 is 1.96 bits per heavy atom. The number of rotatable bonds is 5. The maximum Gasteiger partial charge on any atom is 0.227 e. The third-order valence-corrected chi connectivity index (χ3v) is 5.58. The van der Waals surface area contributed by atoms with Crippen molar-refractivity contribution in [3.05, 3.63) is 45.9 Å². The molecule has 1 atom stereocenters. The van der Waals surface area contributed by atoms with Crippen LogP contribution in [0.2, 0.25) is 0 Å². The standard InChI is InChI=1S/C19H24IN5O/c1-14(12-16(26)24(2)15-6-4-3-5-7-15)17-18(20)22-13-23-19(17)25-10-8-21-9-11-25/h3-7,13-14,21H,8-12H2,1-2H3. The van der Waals surface area contributed by atoms with Gasteiger partial charge in [-0.25, -0.2) is 9.97 Å². The average Bonchev–Trinajstić information content (AvgIpc) is 2.68. The molecule has 0 bridgehead atoms. The number of aromatic nitrogens is 2. The molecule has 2 aromatic rings. The molecule has 2 heterocycles. The van der Waals surface area contributed by atoms with E-state index in [9.17, 15) is 4.79 Å². The zero-order valence-corrected chi connectivity index (χ0v) is 17.3. The molecule has 26 heavy (non-hydrogen) atoms. The Morgan fingerprint density at radius 1 is 1.27 bits per heavy atom. The maximum atomic E-state index is 12.8. The predicted molar refractivity (Wildman–Crippen MR) is 113 cm³/mol. The molecule has 3 rings (SSSR count). The smallest absolute Gasteiger partial charge is 0.227 e. The quantitative estimate of drug-likeness (QED) is 0.544. The van der Waals surface area contributed by atoms with Gasteiger partial charge in [0, 0.05) is 50.9 Å². The molecule has 1 amide bonds. The van der Waals surface area contributed by atoms with Crippen LogP contribution in [0.3, 0.4) is 0 Å². The topological polar surface area (TPSA) is 61.4 Å². The Balaban J connectivity index is 1.79. The zero-order valence-electron chi connectivity index (χ0n) is 15.2. The monoisotopic (exact) mass is 465 g/mol. The first-order valence-electron chi connectivity index (χ1n) is 8.85. The number of halogens is 1. The van der Waals surface area contributed by atoms with Crippen molar-refractivity contribution in [3.63, 3.8) is 0 Å². The molecular weight excluding hydrogens is 441 g/mol. The van der Waals surface area contributed by atoms with Gasteiger partial charge in [0.1, 0.15) is 15.8 Å². The molecule has 1 aromatic carbocycles. The summed E-state index contributed by atoms with van der Waals surface area (Å²) in [6.45, 7) is 5.83. The fraction of sp³-hybridized carbons (Fsp3) is 0.421. The van der Waals surface area contributed by atoms with Crippen LogP contribution in [-0.2, 0) is 4.79 Å². The molecule has 1 aliphatic heterocycles. The number of carbonyl (C=O) groups is 1. The van der Waals surface area contributed by atoms with E-state index in [1.54, 1.807) is 11.2 Å². The van der Waals surface area contributed by atoms with E-state index < -0.39 is 0 Å². The number of benzene rings is 1. The van der Waals surface area contributed by atoms with E-state index in [1.165, 1.54) is 0 Å². The second-order valence-corrected chi connectivity index (χ2v) is 7.55. The Labute approximate surface area is 168 Å². The van der Waals surface area contributed by atoms with Gasteiger partial charge in [-0.3, -0.25) is 4.79 Å². The number of hydrogen-bond acceptors (Lipinski definition) is 5. The molecule has 1 aliphatic rings.